The Morgan fingerprint density at radius 3 is 2.24 bits per heavy atom. The molecule has 0 atom stereocenters. The number of Topliss-reactive ketones (excluding diaryl/α,β-unsaturated/α-hetero) is 1. The highest BCUT2D eigenvalue weighted by molar-refractivity contribution is 7.91. The minimum atomic E-state index is -4.05. The van der Waals surface area contributed by atoms with Gasteiger partial charge in [0.15, 0.2) is 9.84 Å². The molecule has 0 radical (unpaired) electrons. The number of ether oxygens (including phenoxy) is 5. The van der Waals surface area contributed by atoms with E-state index in [4.69, 9.17) is 29.4 Å². The van der Waals surface area contributed by atoms with Crippen molar-refractivity contribution in [1.29, 1.82) is 0 Å². The van der Waals surface area contributed by atoms with E-state index in [1.807, 2.05) is 31.2 Å². The maximum absolute atomic E-state index is 15.6. The molecule has 0 spiro atoms. The number of halogens is 1. The minimum Gasteiger partial charge on any atom is -0.491 e. The summed E-state index contributed by atoms with van der Waals surface area (Å²) in [4.78, 5) is 31.1. The van der Waals surface area contributed by atoms with Gasteiger partial charge in [0.05, 0.1) is 58.5 Å². The minimum absolute atomic E-state index is 0.0185. The predicted molar refractivity (Wildman–Crippen MR) is 190 cm³/mol. The van der Waals surface area contributed by atoms with Crippen LogP contribution in [0.2, 0.25) is 0 Å². The second-order valence-electron chi connectivity index (χ2n) is 12.1. The van der Waals surface area contributed by atoms with Crippen LogP contribution in [0.25, 0.3) is 11.1 Å². The highest BCUT2D eigenvalue weighted by Gasteiger charge is 2.27. The second kappa shape index (κ2) is 20.2. The normalized spacial score (nSPS) is 13.0. The summed E-state index contributed by atoms with van der Waals surface area (Å²) < 4.78 is 69.2. The van der Waals surface area contributed by atoms with Gasteiger partial charge >= 0.3 is 0 Å². The van der Waals surface area contributed by atoms with Crippen molar-refractivity contribution in [2.24, 2.45) is 0 Å². The molecular weight excluding hydrogens is 681 g/mol. The summed E-state index contributed by atoms with van der Waals surface area (Å²) in [5.41, 5.74) is 8.21. The van der Waals surface area contributed by atoms with Crippen LogP contribution in [0.3, 0.4) is 0 Å². The van der Waals surface area contributed by atoms with Crippen LogP contribution in [0.1, 0.15) is 54.1 Å². The summed E-state index contributed by atoms with van der Waals surface area (Å²) in [6.07, 6.45) is 2.83. The molecule has 1 aliphatic heterocycles. The fourth-order valence-electron chi connectivity index (χ4n) is 5.41. The number of carbonyl (C=O) groups excluding carboxylic acids is 2. The summed E-state index contributed by atoms with van der Waals surface area (Å²) in [6.45, 7) is 7.70. The Morgan fingerprint density at radius 1 is 0.902 bits per heavy atom. The zero-order chi connectivity index (χ0) is 36.6. The van der Waals surface area contributed by atoms with E-state index in [2.05, 4.69) is 4.98 Å². The number of pyridine rings is 1. The molecule has 278 valence electrons. The highest BCUT2D eigenvalue weighted by atomic mass is 32.2. The van der Waals surface area contributed by atoms with Crippen molar-refractivity contribution < 1.29 is 46.1 Å². The van der Waals surface area contributed by atoms with Crippen LogP contribution in [0.5, 0.6) is 5.75 Å². The molecule has 12 nitrogen and oxygen atoms in total. The fourth-order valence-corrected chi connectivity index (χ4v) is 6.86. The Kier molecular flexibility index (Phi) is 15.8. The largest absolute Gasteiger partial charge is 0.491 e. The lowest BCUT2D eigenvalue weighted by atomic mass is 10.0. The Hall–Kier alpha value is -3.95. The summed E-state index contributed by atoms with van der Waals surface area (Å²) in [6, 6.07) is 11.7. The predicted octanol–water partition coefficient (Wildman–Crippen LogP) is 4.80. The highest BCUT2D eigenvalue weighted by Crippen LogP contribution is 2.31. The lowest BCUT2D eigenvalue weighted by molar-refractivity contribution is -0.120. The molecule has 51 heavy (non-hydrogen) atoms. The maximum Gasteiger partial charge on any atom is 0.254 e. The molecule has 0 unspecified atom stereocenters. The fraction of sp³-hybridized carbons (Fsp3) is 0.486. The number of carbonyl (C=O) groups is 2. The van der Waals surface area contributed by atoms with Gasteiger partial charge in [-0.2, -0.15) is 0 Å². The Balaban J connectivity index is 1.22. The SMILES string of the molecule is CCCOCCOCCOCCOCCC(=O)CCCS(=O)(=O)c1ccc(C(=O)N2CCOc3ccc(-c4ccc(N)nc4)cc3C2)c(C)c1F. The van der Waals surface area contributed by atoms with Crippen LogP contribution in [0.4, 0.5) is 10.2 Å². The van der Waals surface area contributed by atoms with Crippen LogP contribution in [-0.2, 0) is 40.1 Å². The molecule has 2 heterocycles. The molecule has 0 aliphatic carbocycles. The van der Waals surface area contributed by atoms with Gasteiger partial charge in [-0.15, -0.1) is 0 Å². The summed E-state index contributed by atoms with van der Waals surface area (Å²) in [5.74, 6) is -0.927. The zero-order valence-corrected chi connectivity index (χ0v) is 30.2. The first-order valence-electron chi connectivity index (χ1n) is 17.2. The number of fused-ring (bicyclic) bond motifs is 1. The number of sulfone groups is 1. The number of hydrogen-bond acceptors (Lipinski definition) is 11. The standard InChI is InChI=1S/C37H48FN3O9S/c1-3-14-46-17-19-48-21-22-49-20-18-47-15-12-31(42)5-4-23-51(44,45)34-10-8-32(27(2)36(34)38)37(43)41-13-16-50-33-9-6-28(24-30(33)26-41)29-7-11-35(39)40-25-29/h6-11,24-25H,3-5,12-23,26H2,1-2H3,(H2,39,40). The number of nitrogens with zero attached hydrogens (tertiary/aromatic N) is 2. The van der Waals surface area contributed by atoms with Gasteiger partial charge in [-0.1, -0.05) is 13.0 Å². The Labute approximate surface area is 299 Å². The molecule has 2 aromatic carbocycles. The first kappa shape index (κ1) is 39.8. The van der Waals surface area contributed by atoms with Crippen molar-refractivity contribution in [3.05, 3.63) is 71.2 Å². The van der Waals surface area contributed by atoms with Crippen molar-refractivity contribution in [2.75, 3.05) is 77.5 Å². The molecule has 0 fully saturated rings. The number of ketones is 1. The van der Waals surface area contributed by atoms with Gasteiger partial charge in [-0.25, -0.2) is 17.8 Å². The quantitative estimate of drug-likeness (QED) is 0.150. The molecule has 0 bridgehead atoms. The molecule has 0 saturated heterocycles. The van der Waals surface area contributed by atoms with Crippen LogP contribution in [0, 0.1) is 12.7 Å². The van der Waals surface area contributed by atoms with Crippen molar-refractivity contribution in [2.45, 2.75) is 51.0 Å². The molecule has 1 amide bonds. The molecule has 1 aromatic heterocycles. The molecular formula is C37H48FN3O9S. The van der Waals surface area contributed by atoms with E-state index in [0.29, 0.717) is 51.2 Å². The van der Waals surface area contributed by atoms with Gasteiger partial charge in [0.2, 0.25) is 0 Å². The number of nitrogens with two attached hydrogens (primary N) is 1. The molecule has 3 aromatic rings. The van der Waals surface area contributed by atoms with Crippen molar-refractivity contribution in [1.82, 2.24) is 9.88 Å². The first-order chi connectivity index (χ1) is 24.6. The molecule has 4 rings (SSSR count). The van der Waals surface area contributed by atoms with Crippen LogP contribution in [-0.4, -0.2) is 102 Å². The van der Waals surface area contributed by atoms with Gasteiger partial charge in [0.1, 0.15) is 34.7 Å². The van der Waals surface area contributed by atoms with E-state index in [0.717, 1.165) is 35.8 Å². The number of benzene rings is 2. The molecule has 14 heteroatoms. The third-order valence-electron chi connectivity index (χ3n) is 8.22. The van der Waals surface area contributed by atoms with E-state index < -0.39 is 32.2 Å². The third-order valence-corrected chi connectivity index (χ3v) is 10.0. The van der Waals surface area contributed by atoms with Gasteiger partial charge in [-0.05, 0) is 67.3 Å². The van der Waals surface area contributed by atoms with Crippen LogP contribution < -0.4 is 10.5 Å². The first-order valence-corrected chi connectivity index (χ1v) is 18.9. The topological polar surface area (TPSA) is 157 Å². The van der Waals surface area contributed by atoms with Crippen molar-refractivity contribution >= 4 is 27.3 Å². The van der Waals surface area contributed by atoms with E-state index in [9.17, 15) is 18.0 Å². The monoisotopic (exact) mass is 729 g/mol. The summed E-state index contributed by atoms with van der Waals surface area (Å²) in [7, 11) is -4.05. The zero-order valence-electron chi connectivity index (χ0n) is 29.4. The Morgan fingerprint density at radius 2 is 1.57 bits per heavy atom. The van der Waals surface area contributed by atoms with Crippen molar-refractivity contribution in [3.8, 4) is 16.9 Å². The smallest absolute Gasteiger partial charge is 0.254 e. The van der Waals surface area contributed by atoms with Gasteiger partial charge < -0.3 is 34.3 Å². The Bertz CT molecular complexity index is 1700. The second-order valence-corrected chi connectivity index (χ2v) is 14.2. The van der Waals surface area contributed by atoms with E-state index in [-0.39, 0.29) is 62.5 Å². The summed E-state index contributed by atoms with van der Waals surface area (Å²) in [5, 5.41) is 0. The number of anilines is 1. The molecule has 0 saturated carbocycles. The lowest BCUT2D eigenvalue weighted by Gasteiger charge is -2.22. The number of aromatic nitrogens is 1. The number of nitrogen functional groups attached to an aromatic ring is 1. The number of rotatable bonds is 21. The average Bonchev–Trinajstić information content (AvgIpc) is 3.33. The lowest BCUT2D eigenvalue weighted by Crippen LogP contribution is -2.33. The third kappa shape index (κ3) is 12.1. The van der Waals surface area contributed by atoms with E-state index >= 15 is 4.39 Å². The number of amides is 1. The van der Waals surface area contributed by atoms with Gasteiger partial charge in [-0.3, -0.25) is 9.59 Å². The maximum atomic E-state index is 15.6. The van der Waals surface area contributed by atoms with E-state index in [1.54, 1.807) is 17.2 Å². The van der Waals surface area contributed by atoms with Crippen molar-refractivity contribution in [3.63, 3.8) is 0 Å². The molecule has 1 aliphatic rings. The van der Waals surface area contributed by atoms with Gasteiger partial charge in [0, 0.05) is 48.9 Å². The van der Waals surface area contributed by atoms with Gasteiger partial charge in [0.25, 0.3) is 5.91 Å². The summed E-state index contributed by atoms with van der Waals surface area (Å²) >= 11 is 0. The van der Waals surface area contributed by atoms with Crippen LogP contribution in [0.15, 0.2) is 53.6 Å². The number of hydrogen-bond donors (Lipinski definition) is 1. The van der Waals surface area contributed by atoms with Crippen LogP contribution >= 0.6 is 0 Å². The average molecular weight is 730 g/mol. The molecule has 2 N–H and O–H groups in total. The van der Waals surface area contributed by atoms with E-state index in [1.165, 1.54) is 13.0 Å².